The second-order valence-electron chi connectivity index (χ2n) is 5.35. The monoisotopic (exact) mass is 257 g/mol. The Morgan fingerprint density at radius 1 is 1.65 bits per heavy atom. The van der Waals surface area contributed by atoms with E-state index in [1.807, 2.05) is 6.92 Å². The lowest BCUT2D eigenvalue weighted by atomic mass is 9.88. The van der Waals surface area contributed by atoms with Crippen molar-refractivity contribution >= 4 is 23.1 Å². The summed E-state index contributed by atoms with van der Waals surface area (Å²) in [7, 11) is 0. The summed E-state index contributed by atoms with van der Waals surface area (Å²) in [5.41, 5.74) is 5.61. The van der Waals surface area contributed by atoms with Gasteiger partial charge in [0.25, 0.3) is 0 Å². The van der Waals surface area contributed by atoms with Gasteiger partial charge in [0.2, 0.25) is 5.91 Å². The van der Waals surface area contributed by atoms with Gasteiger partial charge >= 0.3 is 0 Å². The van der Waals surface area contributed by atoms with E-state index in [1.165, 1.54) is 0 Å². The van der Waals surface area contributed by atoms with E-state index >= 15 is 0 Å². The molecule has 0 bridgehead atoms. The Morgan fingerprint density at radius 2 is 2.29 bits per heavy atom. The minimum atomic E-state index is -0.0867. The normalized spacial score (nSPS) is 22.3. The lowest BCUT2D eigenvalue weighted by Crippen LogP contribution is -2.54. The van der Waals surface area contributed by atoms with Crippen molar-refractivity contribution in [3.8, 4) is 0 Å². The van der Waals surface area contributed by atoms with Gasteiger partial charge in [-0.15, -0.1) is 0 Å². The molecule has 3 N–H and O–H groups in total. The molecule has 1 atom stereocenters. The summed E-state index contributed by atoms with van der Waals surface area (Å²) in [6.45, 7) is 8.71. The first-order valence-electron chi connectivity index (χ1n) is 6.16. The van der Waals surface area contributed by atoms with Crippen molar-refractivity contribution < 1.29 is 4.79 Å². The van der Waals surface area contributed by atoms with Crippen LogP contribution in [0.4, 0.5) is 0 Å². The molecule has 0 spiro atoms. The van der Waals surface area contributed by atoms with E-state index in [0.717, 1.165) is 32.5 Å². The molecule has 1 aliphatic rings. The molecule has 5 heteroatoms. The van der Waals surface area contributed by atoms with Crippen molar-refractivity contribution in [1.82, 2.24) is 10.2 Å². The molecule has 0 aromatic carbocycles. The van der Waals surface area contributed by atoms with E-state index in [9.17, 15) is 4.79 Å². The van der Waals surface area contributed by atoms with Gasteiger partial charge in [0, 0.05) is 18.5 Å². The molecule has 1 amide bonds. The number of amides is 1. The number of rotatable bonds is 5. The highest BCUT2D eigenvalue weighted by Gasteiger charge is 2.26. The minimum Gasteiger partial charge on any atom is -0.393 e. The van der Waals surface area contributed by atoms with Crippen LogP contribution in [0.15, 0.2) is 0 Å². The van der Waals surface area contributed by atoms with Crippen molar-refractivity contribution in [3.63, 3.8) is 0 Å². The molecular formula is C12H23N3OS. The topological polar surface area (TPSA) is 58.4 Å². The molecule has 1 unspecified atom stereocenters. The fourth-order valence-electron chi connectivity index (χ4n) is 1.98. The number of nitrogens with one attached hydrogen (secondary N) is 1. The largest absolute Gasteiger partial charge is 0.393 e. The van der Waals surface area contributed by atoms with Crippen LogP contribution in [0.2, 0.25) is 0 Å². The third-order valence-corrected chi connectivity index (χ3v) is 4.09. The molecule has 1 fully saturated rings. The van der Waals surface area contributed by atoms with Crippen molar-refractivity contribution in [2.24, 2.45) is 11.1 Å². The standard InChI is InChI=1S/C12H23N3OS/c1-9-10(16)14-6-8-15(9)7-4-5-12(2,3)11(13)17/h9H,4-8H2,1-3H3,(H2,13,17)(H,14,16). The predicted octanol–water partition coefficient (Wildman–Crippen LogP) is 0.899. The molecule has 1 heterocycles. The molecule has 98 valence electrons. The van der Waals surface area contributed by atoms with Crippen LogP contribution in [0.25, 0.3) is 0 Å². The Balaban J connectivity index is 2.36. The van der Waals surface area contributed by atoms with Gasteiger partial charge in [-0.05, 0) is 26.3 Å². The number of hydrogen-bond donors (Lipinski definition) is 2. The Kier molecular flexibility index (Phi) is 4.89. The minimum absolute atomic E-state index is 0.0170. The van der Waals surface area contributed by atoms with Crippen LogP contribution in [-0.4, -0.2) is 41.5 Å². The molecule has 0 saturated carbocycles. The Labute approximate surface area is 109 Å². The molecule has 0 aliphatic carbocycles. The van der Waals surface area contributed by atoms with Crippen molar-refractivity contribution in [2.75, 3.05) is 19.6 Å². The number of carbonyl (C=O) groups excluding carboxylic acids is 1. The third-order valence-electron chi connectivity index (χ3n) is 3.54. The van der Waals surface area contributed by atoms with Crippen molar-refractivity contribution in [1.29, 1.82) is 0 Å². The number of carbonyl (C=O) groups is 1. The SMILES string of the molecule is CC1C(=O)NCCN1CCCC(C)(C)C(N)=S. The maximum Gasteiger partial charge on any atom is 0.237 e. The van der Waals surface area contributed by atoms with E-state index < -0.39 is 0 Å². The van der Waals surface area contributed by atoms with Crippen LogP contribution in [0.3, 0.4) is 0 Å². The van der Waals surface area contributed by atoms with Crippen LogP contribution < -0.4 is 11.1 Å². The maximum atomic E-state index is 11.5. The molecule has 0 radical (unpaired) electrons. The van der Waals surface area contributed by atoms with Crippen molar-refractivity contribution in [3.05, 3.63) is 0 Å². The fraction of sp³-hybridized carbons (Fsp3) is 0.833. The van der Waals surface area contributed by atoms with Gasteiger partial charge in [-0.25, -0.2) is 0 Å². The quantitative estimate of drug-likeness (QED) is 0.719. The highest BCUT2D eigenvalue weighted by Crippen LogP contribution is 2.23. The Hall–Kier alpha value is -0.680. The molecule has 1 aliphatic heterocycles. The zero-order chi connectivity index (χ0) is 13.1. The van der Waals surface area contributed by atoms with Crippen LogP contribution >= 0.6 is 12.2 Å². The number of thiocarbonyl (C=S) groups is 1. The van der Waals surface area contributed by atoms with Crippen LogP contribution in [0.5, 0.6) is 0 Å². The molecule has 0 aromatic rings. The molecule has 0 aromatic heterocycles. The molecule has 17 heavy (non-hydrogen) atoms. The van der Waals surface area contributed by atoms with Gasteiger partial charge in [0.15, 0.2) is 0 Å². The molecule has 1 rings (SSSR count). The van der Waals surface area contributed by atoms with E-state index in [4.69, 9.17) is 18.0 Å². The Bertz CT molecular complexity index is 304. The van der Waals surface area contributed by atoms with Gasteiger partial charge < -0.3 is 11.1 Å². The first-order valence-corrected chi connectivity index (χ1v) is 6.57. The summed E-state index contributed by atoms with van der Waals surface area (Å²) in [6.07, 6.45) is 1.98. The lowest BCUT2D eigenvalue weighted by Gasteiger charge is -2.33. The first-order chi connectivity index (χ1) is 7.84. The van der Waals surface area contributed by atoms with Gasteiger partial charge in [-0.3, -0.25) is 9.69 Å². The smallest absolute Gasteiger partial charge is 0.237 e. The average Bonchev–Trinajstić information content (AvgIpc) is 2.24. The predicted molar refractivity (Wildman–Crippen MR) is 73.8 cm³/mol. The van der Waals surface area contributed by atoms with E-state index in [-0.39, 0.29) is 17.4 Å². The number of nitrogens with two attached hydrogens (primary N) is 1. The summed E-state index contributed by atoms with van der Waals surface area (Å²) >= 11 is 5.04. The van der Waals surface area contributed by atoms with Crippen LogP contribution in [0.1, 0.15) is 33.6 Å². The lowest BCUT2D eigenvalue weighted by molar-refractivity contribution is -0.128. The number of piperazine rings is 1. The summed E-state index contributed by atoms with van der Waals surface area (Å²) < 4.78 is 0. The third kappa shape index (κ3) is 3.92. The zero-order valence-corrected chi connectivity index (χ0v) is 11.8. The average molecular weight is 257 g/mol. The Morgan fingerprint density at radius 3 is 2.88 bits per heavy atom. The van der Waals surface area contributed by atoms with Gasteiger partial charge in [0.1, 0.15) is 0 Å². The molecular weight excluding hydrogens is 234 g/mol. The summed E-state index contributed by atoms with van der Waals surface area (Å²) in [6, 6.07) is -0.0170. The van der Waals surface area contributed by atoms with Gasteiger partial charge in [-0.2, -0.15) is 0 Å². The van der Waals surface area contributed by atoms with E-state index in [0.29, 0.717) is 4.99 Å². The van der Waals surface area contributed by atoms with Crippen LogP contribution in [0, 0.1) is 5.41 Å². The second-order valence-corrected chi connectivity index (χ2v) is 5.79. The maximum absolute atomic E-state index is 11.5. The number of hydrogen-bond acceptors (Lipinski definition) is 3. The second kappa shape index (κ2) is 5.78. The van der Waals surface area contributed by atoms with Crippen LogP contribution in [-0.2, 0) is 4.79 Å². The first kappa shape index (κ1) is 14.4. The highest BCUT2D eigenvalue weighted by molar-refractivity contribution is 7.80. The zero-order valence-electron chi connectivity index (χ0n) is 11.0. The van der Waals surface area contributed by atoms with E-state index in [2.05, 4.69) is 24.1 Å². The molecule has 1 saturated heterocycles. The summed E-state index contributed by atoms with van der Waals surface area (Å²) in [5.74, 6) is 0.129. The van der Waals surface area contributed by atoms with Gasteiger partial charge in [0.05, 0.1) is 11.0 Å². The highest BCUT2D eigenvalue weighted by atomic mass is 32.1. The molecule has 4 nitrogen and oxygen atoms in total. The van der Waals surface area contributed by atoms with Gasteiger partial charge in [-0.1, -0.05) is 26.1 Å². The van der Waals surface area contributed by atoms with E-state index in [1.54, 1.807) is 0 Å². The number of nitrogens with zero attached hydrogens (tertiary/aromatic N) is 1. The van der Waals surface area contributed by atoms with Crippen molar-refractivity contribution in [2.45, 2.75) is 39.7 Å². The fourth-order valence-corrected chi connectivity index (χ4v) is 2.08. The summed E-state index contributed by atoms with van der Waals surface area (Å²) in [5, 5.41) is 2.87. The summed E-state index contributed by atoms with van der Waals surface area (Å²) in [4.78, 5) is 14.3.